The van der Waals surface area contributed by atoms with Crippen molar-refractivity contribution < 1.29 is 32.2 Å². The first kappa shape index (κ1) is 102. The zero-order chi connectivity index (χ0) is 85.0. The Labute approximate surface area is 757 Å². The average molecular weight is 1710 g/mol. The van der Waals surface area contributed by atoms with Crippen LogP contribution in [-0.2, 0) is 70.5 Å². The number of para-hydroxylation sites is 6. The Bertz CT molecular complexity index is 6460. The van der Waals surface area contributed by atoms with Crippen LogP contribution in [0.2, 0.25) is 0 Å². The number of hydrogen-bond donors (Lipinski definition) is 0. The Morgan fingerprint density at radius 2 is 0.835 bits per heavy atom. The van der Waals surface area contributed by atoms with Crippen molar-refractivity contribution in [3.05, 3.63) is 362 Å². The number of benzene rings is 8. The molecule has 11 aromatic heterocycles. The van der Waals surface area contributed by atoms with Crippen molar-refractivity contribution in [3.8, 4) is 68.6 Å². The smallest absolute Gasteiger partial charge is 0.262 e. The van der Waals surface area contributed by atoms with E-state index in [2.05, 4.69) is 365 Å². The molecule has 0 aliphatic heterocycles. The minimum Gasteiger partial charge on any atom is -0.262 e. The van der Waals surface area contributed by atoms with Crippen LogP contribution in [0.25, 0.3) is 107 Å². The van der Waals surface area contributed by atoms with Crippen LogP contribution >= 0.6 is 0 Å². The lowest BCUT2D eigenvalue weighted by Gasteiger charge is -2.18. The van der Waals surface area contributed by atoms with Crippen LogP contribution in [0.5, 0.6) is 0 Å². The zero-order valence-electron chi connectivity index (χ0n) is 73.2. The second-order valence-electron chi connectivity index (χ2n) is 31.2. The first-order valence-electron chi connectivity index (χ1n) is 40.9. The highest BCUT2D eigenvalue weighted by Crippen LogP contribution is 2.36. The number of aromatic nitrogens is 19. The maximum absolute atomic E-state index is 4.18. The number of hydrogen-bond acceptors (Lipinski definition) is 4. The molecule has 19 nitrogen and oxygen atoms in total. The Balaban J connectivity index is 0.000000231. The van der Waals surface area contributed by atoms with Gasteiger partial charge in [-0.25, -0.2) is 28.0 Å². The molecule has 0 saturated heterocycles. The first-order chi connectivity index (χ1) is 57.9. The standard InChI is InChI=1S/C23H23N2.C23H29N2.C17H15N2.C11H13N2.C10H12N3.C9H11N4.C8H11N4.7CH4/c1-16-10-5-6-13-19(16)23-24(4)20-14-7-8-15-21(20)25(23)22-17(2)11-9-12-18(22)3;1-16(2)19-12-9-13-20(17(3)4)22(19)25-15-14-24(6)23(25)21-11-8-7-10-18(21)5;1-12-6-5-8-14-13-7-3-4-9-15(13)19-11-10-18(2)17(19)16(12)14;1-10-6-3-4-7-11(10)13-9-5-8-12(13)2;1-12-8-4-3-5-9(12)10-6-7-11-13(10)2;1-12-6-4-3-5-8(12)9-10-7-11-13(9)2;1-10-6-3-7-12(10)8-4-5-9-11(8)2;;;;;;;/h5-15H,1-4H3;7-17H,1-6H3;3-11H,1-2H3;3-9H,1-2H3;3-8H,1-2H3;3-7H,1-2H3;3-7H,1-2H3;7*1H4/q7*+1;;;;;;;. The number of rotatable bonds is 10. The number of fused-ring (bicyclic) bond motifs is 7. The largest absolute Gasteiger partial charge is 0.295 e. The Morgan fingerprint density at radius 3 is 1.38 bits per heavy atom. The molecule has 19 heteroatoms. The molecule has 19 rings (SSSR count). The molecule has 8 aromatic carbocycles. The van der Waals surface area contributed by atoms with E-state index >= 15 is 0 Å². The molecule has 0 radical (unpaired) electrons. The summed E-state index contributed by atoms with van der Waals surface area (Å²) in [4.78, 5) is 4.18. The van der Waals surface area contributed by atoms with Crippen LogP contribution in [-0.4, -0.2) is 57.2 Å². The van der Waals surface area contributed by atoms with Crippen LogP contribution in [0, 0.1) is 41.5 Å². The molecule has 127 heavy (non-hydrogen) atoms. The van der Waals surface area contributed by atoms with E-state index < -0.39 is 0 Å². The molecule has 0 N–H and O–H groups in total. The van der Waals surface area contributed by atoms with Gasteiger partial charge in [-0.2, -0.15) is 38.0 Å². The van der Waals surface area contributed by atoms with Gasteiger partial charge in [-0.05, 0) is 141 Å². The van der Waals surface area contributed by atoms with Crippen molar-refractivity contribution in [2.45, 2.75) is 133 Å². The van der Waals surface area contributed by atoms with Crippen molar-refractivity contribution in [1.82, 2.24) is 57.2 Å². The Hall–Kier alpha value is -14.1. The lowest BCUT2D eigenvalue weighted by Crippen LogP contribution is -2.37. The Kier molecular flexibility index (Phi) is 36.5. The van der Waals surface area contributed by atoms with E-state index in [1.807, 2.05) is 164 Å². The molecule has 11 heterocycles. The molecule has 0 amide bonds. The van der Waals surface area contributed by atoms with Gasteiger partial charge in [-0.15, -0.1) is 18.7 Å². The molecule has 0 spiro atoms. The van der Waals surface area contributed by atoms with Crippen LogP contribution < -0.4 is 32.2 Å². The molecule has 0 unspecified atom stereocenters. The number of nitrogens with zero attached hydrogens (tertiary/aromatic N) is 19. The third-order valence-electron chi connectivity index (χ3n) is 22.2. The number of aryl methyl sites for hydroxylation is 16. The monoisotopic (exact) mass is 1710 g/mol. The molecule has 0 aliphatic carbocycles. The molecule has 662 valence electrons. The quantitative estimate of drug-likeness (QED) is 0.100. The van der Waals surface area contributed by atoms with Gasteiger partial charge in [-0.1, -0.05) is 219 Å². The summed E-state index contributed by atoms with van der Waals surface area (Å²) >= 11 is 0. The second-order valence-corrected chi connectivity index (χ2v) is 31.2. The Morgan fingerprint density at radius 1 is 0.346 bits per heavy atom. The van der Waals surface area contributed by atoms with E-state index in [4.69, 9.17) is 0 Å². The normalized spacial score (nSPS) is 10.4. The van der Waals surface area contributed by atoms with Crippen LogP contribution in [0.3, 0.4) is 0 Å². The molecular formula is C108H142N19+7. The van der Waals surface area contributed by atoms with Gasteiger partial charge in [0.15, 0.2) is 55.7 Å². The number of pyridine rings is 3. The predicted molar refractivity (Wildman–Crippen MR) is 528 cm³/mol. The minimum atomic E-state index is 0. The molecule has 0 atom stereocenters. The zero-order valence-corrected chi connectivity index (χ0v) is 73.2. The fourth-order valence-corrected chi connectivity index (χ4v) is 15.9. The highest BCUT2D eigenvalue weighted by Gasteiger charge is 2.30. The van der Waals surface area contributed by atoms with Crippen molar-refractivity contribution in [2.24, 2.45) is 70.5 Å². The lowest BCUT2D eigenvalue weighted by atomic mass is 9.92. The average Bonchev–Trinajstić information content (AvgIpc) is 1.67. The van der Waals surface area contributed by atoms with Gasteiger partial charge in [-0.3, -0.25) is 4.68 Å². The van der Waals surface area contributed by atoms with E-state index in [0.29, 0.717) is 11.8 Å². The summed E-state index contributed by atoms with van der Waals surface area (Å²) in [7, 11) is 20.2. The predicted octanol–water partition coefficient (Wildman–Crippen LogP) is 21.3. The fraction of sp³-hybridized carbons (Fsp3) is 0.269. The van der Waals surface area contributed by atoms with Gasteiger partial charge in [0.1, 0.15) is 73.5 Å². The van der Waals surface area contributed by atoms with Gasteiger partial charge >= 0.3 is 0 Å². The van der Waals surface area contributed by atoms with Crippen LogP contribution in [0.15, 0.2) is 317 Å². The third kappa shape index (κ3) is 21.8. The summed E-state index contributed by atoms with van der Waals surface area (Å²) in [6.07, 6.45) is 25.9. The van der Waals surface area contributed by atoms with E-state index in [9.17, 15) is 0 Å². The summed E-state index contributed by atoms with van der Waals surface area (Å²) in [6.45, 7) is 22.2. The van der Waals surface area contributed by atoms with Crippen LogP contribution in [0.1, 0.15) is 136 Å². The van der Waals surface area contributed by atoms with Gasteiger partial charge in [0.25, 0.3) is 17.3 Å². The van der Waals surface area contributed by atoms with Gasteiger partial charge in [0.05, 0.1) is 56.2 Å². The minimum absolute atomic E-state index is 0. The van der Waals surface area contributed by atoms with E-state index in [0.717, 1.165) is 23.0 Å². The highest BCUT2D eigenvalue weighted by atomic mass is 15.4. The first-order valence-corrected chi connectivity index (χ1v) is 40.9. The summed E-state index contributed by atoms with van der Waals surface area (Å²) in [6, 6.07) is 82.8. The van der Waals surface area contributed by atoms with Crippen LogP contribution in [0.4, 0.5) is 0 Å². The summed E-state index contributed by atoms with van der Waals surface area (Å²) in [5.41, 5.74) is 25.3. The lowest BCUT2D eigenvalue weighted by molar-refractivity contribution is -0.744. The van der Waals surface area contributed by atoms with Crippen molar-refractivity contribution in [2.75, 3.05) is 0 Å². The molecule has 0 fully saturated rings. The summed E-state index contributed by atoms with van der Waals surface area (Å²) < 4.78 is 31.6. The molecular weight excluding hydrogens is 1560 g/mol. The fourth-order valence-electron chi connectivity index (χ4n) is 15.9. The molecule has 0 aliphatic rings. The topological polar surface area (TPSA) is 118 Å². The third-order valence-corrected chi connectivity index (χ3v) is 22.2. The van der Waals surface area contributed by atoms with Crippen molar-refractivity contribution >= 4 is 38.4 Å². The van der Waals surface area contributed by atoms with E-state index in [1.54, 1.807) is 17.2 Å². The molecule has 0 saturated carbocycles. The van der Waals surface area contributed by atoms with Crippen molar-refractivity contribution in [3.63, 3.8) is 0 Å². The SMILES string of the molecule is C.C.C.C.C.C.C.Cc1cccc2c3ccccc3n3cc[n+](C)c3c12.Cc1ccccc1-c1n(-c2c(C(C)C)cccc2C(C)C)cc[n+]1C.Cc1ccccc1-c1n(-c2c(C)cccc2C)c2ccccc2[n+]1C.Cc1ccccc1-n1ccc[n+]1C.Cn1nccc1-c1cccc[n+]1C.Cn1nccc1-n1ccc[n+]1C.Cn1ncnc1-c1cccc[n+]1C. The van der Waals surface area contributed by atoms with E-state index in [1.165, 1.54) is 128 Å². The maximum atomic E-state index is 4.18. The van der Waals surface area contributed by atoms with Crippen molar-refractivity contribution in [1.29, 1.82) is 0 Å². The van der Waals surface area contributed by atoms with Gasteiger partial charge in [0.2, 0.25) is 17.2 Å². The highest BCUT2D eigenvalue weighted by molar-refractivity contribution is 6.12. The van der Waals surface area contributed by atoms with Gasteiger partial charge in [0, 0.05) is 91.7 Å². The summed E-state index contributed by atoms with van der Waals surface area (Å²) in [5, 5.41) is 16.2. The second kappa shape index (κ2) is 45.5. The van der Waals surface area contributed by atoms with Gasteiger partial charge < -0.3 is 0 Å². The summed E-state index contributed by atoms with van der Waals surface area (Å²) in [5.74, 6) is 5.34. The number of imidazole rings is 3. The molecule has 19 aromatic rings. The molecule has 0 bridgehead atoms. The maximum Gasteiger partial charge on any atom is 0.295 e. The van der Waals surface area contributed by atoms with E-state index in [-0.39, 0.29) is 52.0 Å².